The fraction of sp³-hybridized carbons (Fsp3) is 0.185. The molecule has 1 fully saturated rings. The first-order chi connectivity index (χ1) is 16.3. The SMILES string of the molecule is O=C(c1cc(-c2ccco2)nn1-c1ccccc1)N1CCN(CC=Cc2ccccc2)CC1. The van der Waals surface area contributed by atoms with Crippen molar-refractivity contribution < 1.29 is 9.21 Å². The molecule has 0 atom stereocenters. The number of aromatic nitrogens is 2. The summed E-state index contributed by atoms with van der Waals surface area (Å²) in [5, 5.41) is 4.68. The van der Waals surface area contributed by atoms with E-state index in [-0.39, 0.29) is 5.91 Å². The van der Waals surface area contributed by atoms with Gasteiger partial charge in [0.05, 0.1) is 12.0 Å². The van der Waals surface area contributed by atoms with E-state index < -0.39 is 0 Å². The molecule has 2 aromatic heterocycles. The quantitative estimate of drug-likeness (QED) is 0.441. The van der Waals surface area contributed by atoms with Crippen molar-refractivity contribution in [3.8, 4) is 17.1 Å². The number of carbonyl (C=O) groups excluding carboxylic acids is 1. The average molecular weight is 439 g/mol. The van der Waals surface area contributed by atoms with Gasteiger partial charge in [0.15, 0.2) is 5.76 Å². The molecule has 0 N–H and O–H groups in total. The summed E-state index contributed by atoms with van der Waals surface area (Å²) in [5.41, 5.74) is 3.25. The normalized spacial score (nSPS) is 14.7. The summed E-state index contributed by atoms with van der Waals surface area (Å²) in [6, 6.07) is 25.5. The Balaban J connectivity index is 1.28. The van der Waals surface area contributed by atoms with Gasteiger partial charge >= 0.3 is 0 Å². The molecular weight excluding hydrogens is 412 g/mol. The zero-order chi connectivity index (χ0) is 22.5. The van der Waals surface area contributed by atoms with Crippen molar-refractivity contribution in [2.75, 3.05) is 32.7 Å². The van der Waals surface area contributed by atoms with E-state index in [0.29, 0.717) is 30.2 Å². The molecule has 6 nitrogen and oxygen atoms in total. The largest absolute Gasteiger partial charge is 0.463 e. The molecule has 1 aliphatic rings. The molecule has 0 spiro atoms. The minimum Gasteiger partial charge on any atom is -0.463 e. The number of rotatable bonds is 6. The van der Waals surface area contributed by atoms with Crippen molar-refractivity contribution in [2.24, 2.45) is 0 Å². The maximum atomic E-state index is 13.5. The number of benzene rings is 2. The predicted octanol–water partition coefficient (Wildman–Crippen LogP) is 4.60. The average Bonchev–Trinajstić information content (AvgIpc) is 3.56. The summed E-state index contributed by atoms with van der Waals surface area (Å²) in [6.45, 7) is 3.94. The van der Waals surface area contributed by atoms with Crippen LogP contribution >= 0.6 is 0 Å². The lowest BCUT2D eigenvalue weighted by Crippen LogP contribution is -2.49. The zero-order valence-corrected chi connectivity index (χ0v) is 18.4. The van der Waals surface area contributed by atoms with E-state index in [4.69, 9.17) is 4.42 Å². The van der Waals surface area contributed by atoms with Crippen molar-refractivity contribution in [3.63, 3.8) is 0 Å². The van der Waals surface area contributed by atoms with Crippen LogP contribution in [-0.2, 0) is 0 Å². The van der Waals surface area contributed by atoms with Gasteiger partial charge in [-0.05, 0) is 29.8 Å². The number of nitrogens with zero attached hydrogens (tertiary/aromatic N) is 4. The van der Waals surface area contributed by atoms with Crippen LogP contribution in [0.1, 0.15) is 16.1 Å². The number of furan rings is 1. The Bertz CT molecular complexity index is 1210. The lowest BCUT2D eigenvalue weighted by molar-refractivity contribution is 0.0641. The number of hydrogen-bond donors (Lipinski definition) is 0. The van der Waals surface area contributed by atoms with E-state index in [1.54, 1.807) is 10.9 Å². The number of amides is 1. The van der Waals surface area contributed by atoms with Crippen LogP contribution < -0.4 is 0 Å². The van der Waals surface area contributed by atoms with Crippen molar-refractivity contribution >= 4 is 12.0 Å². The second-order valence-corrected chi connectivity index (χ2v) is 8.05. The van der Waals surface area contributed by atoms with E-state index in [1.807, 2.05) is 71.6 Å². The van der Waals surface area contributed by atoms with Gasteiger partial charge in [-0.15, -0.1) is 0 Å². The Morgan fingerprint density at radius 2 is 1.64 bits per heavy atom. The molecule has 4 aromatic rings. The molecule has 1 amide bonds. The number of para-hydroxylation sites is 1. The highest BCUT2D eigenvalue weighted by Gasteiger charge is 2.26. The topological polar surface area (TPSA) is 54.5 Å². The first-order valence-corrected chi connectivity index (χ1v) is 11.2. The monoisotopic (exact) mass is 438 g/mol. The van der Waals surface area contributed by atoms with E-state index in [1.165, 1.54) is 5.56 Å². The maximum absolute atomic E-state index is 13.5. The van der Waals surface area contributed by atoms with Crippen LogP contribution in [0.4, 0.5) is 0 Å². The lowest BCUT2D eigenvalue weighted by atomic mass is 10.2. The van der Waals surface area contributed by atoms with Gasteiger partial charge in [-0.3, -0.25) is 9.69 Å². The highest BCUT2D eigenvalue weighted by atomic mass is 16.3. The molecule has 0 saturated carbocycles. The highest BCUT2D eigenvalue weighted by Crippen LogP contribution is 2.23. The van der Waals surface area contributed by atoms with Crippen molar-refractivity contribution in [3.05, 3.63) is 102 Å². The van der Waals surface area contributed by atoms with Crippen LogP contribution in [-0.4, -0.2) is 58.2 Å². The van der Waals surface area contributed by atoms with Gasteiger partial charge in [-0.25, -0.2) is 4.68 Å². The van der Waals surface area contributed by atoms with Crippen LogP contribution in [0.25, 0.3) is 23.2 Å². The molecule has 0 bridgehead atoms. The van der Waals surface area contributed by atoms with Gasteiger partial charge in [0, 0.05) is 38.8 Å². The summed E-state index contributed by atoms with van der Waals surface area (Å²) >= 11 is 0. The van der Waals surface area contributed by atoms with Gasteiger partial charge in [0.2, 0.25) is 0 Å². The summed E-state index contributed by atoms with van der Waals surface area (Å²) in [7, 11) is 0. The molecule has 0 radical (unpaired) electrons. The smallest absolute Gasteiger partial charge is 0.272 e. The van der Waals surface area contributed by atoms with Crippen molar-refractivity contribution in [1.29, 1.82) is 0 Å². The lowest BCUT2D eigenvalue weighted by Gasteiger charge is -2.34. The molecule has 0 aliphatic carbocycles. The molecule has 2 aromatic carbocycles. The highest BCUT2D eigenvalue weighted by molar-refractivity contribution is 5.94. The molecule has 1 aliphatic heterocycles. The third-order valence-electron chi connectivity index (χ3n) is 5.84. The van der Waals surface area contributed by atoms with Crippen LogP contribution in [0.15, 0.2) is 95.6 Å². The van der Waals surface area contributed by atoms with Crippen LogP contribution in [0.3, 0.4) is 0 Å². The Kier molecular flexibility index (Phi) is 6.17. The van der Waals surface area contributed by atoms with Crippen LogP contribution in [0.5, 0.6) is 0 Å². The van der Waals surface area contributed by atoms with E-state index in [0.717, 1.165) is 25.3 Å². The maximum Gasteiger partial charge on any atom is 0.272 e. The fourth-order valence-corrected chi connectivity index (χ4v) is 4.04. The molecule has 1 saturated heterocycles. The summed E-state index contributed by atoms with van der Waals surface area (Å²) in [5.74, 6) is 0.636. The minimum absolute atomic E-state index is 0.0105. The molecule has 0 unspecified atom stereocenters. The Morgan fingerprint density at radius 1 is 0.909 bits per heavy atom. The third kappa shape index (κ3) is 4.81. The second kappa shape index (κ2) is 9.71. The minimum atomic E-state index is -0.0105. The summed E-state index contributed by atoms with van der Waals surface area (Å²) < 4.78 is 7.24. The second-order valence-electron chi connectivity index (χ2n) is 8.05. The van der Waals surface area contributed by atoms with E-state index in [9.17, 15) is 4.79 Å². The van der Waals surface area contributed by atoms with E-state index >= 15 is 0 Å². The fourth-order valence-electron chi connectivity index (χ4n) is 4.04. The first-order valence-electron chi connectivity index (χ1n) is 11.2. The standard InChI is InChI=1S/C27H26N4O2/c32-27(30-18-16-29(17-19-30)15-7-11-22-9-3-1-4-10-22)25-21-24(26-14-8-20-33-26)28-31(25)23-12-5-2-6-13-23/h1-14,20-21H,15-19H2. The number of piperazine rings is 1. The van der Waals surface area contributed by atoms with Gasteiger partial charge in [-0.2, -0.15) is 5.10 Å². The van der Waals surface area contributed by atoms with Crippen LogP contribution in [0.2, 0.25) is 0 Å². The molecule has 6 heteroatoms. The van der Waals surface area contributed by atoms with Crippen LogP contribution in [0, 0.1) is 0 Å². The molecule has 33 heavy (non-hydrogen) atoms. The Morgan fingerprint density at radius 3 is 2.33 bits per heavy atom. The molecular formula is C27H26N4O2. The number of hydrogen-bond acceptors (Lipinski definition) is 4. The van der Waals surface area contributed by atoms with Gasteiger partial charge < -0.3 is 9.32 Å². The molecule has 166 valence electrons. The molecule has 3 heterocycles. The van der Waals surface area contributed by atoms with E-state index in [2.05, 4.69) is 34.3 Å². The Labute approximate surface area is 193 Å². The third-order valence-corrected chi connectivity index (χ3v) is 5.84. The Hall–Kier alpha value is -3.90. The number of carbonyl (C=O) groups is 1. The summed E-state index contributed by atoms with van der Waals surface area (Å²) in [6.07, 6.45) is 5.95. The van der Waals surface area contributed by atoms with Crippen molar-refractivity contribution in [2.45, 2.75) is 0 Å². The first kappa shape index (κ1) is 21.0. The molecule has 5 rings (SSSR count). The summed E-state index contributed by atoms with van der Waals surface area (Å²) in [4.78, 5) is 17.8. The van der Waals surface area contributed by atoms with Crippen molar-refractivity contribution in [1.82, 2.24) is 19.6 Å². The van der Waals surface area contributed by atoms with Gasteiger partial charge in [0.1, 0.15) is 11.4 Å². The van der Waals surface area contributed by atoms with Gasteiger partial charge in [0.25, 0.3) is 5.91 Å². The van der Waals surface area contributed by atoms with Gasteiger partial charge in [-0.1, -0.05) is 60.7 Å². The predicted molar refractivity (Wildman–Crippen MR) is 129 cm³/mol. The zero-order valence-electron chi connectivity index (χ0n) is 18.4.